The van der Waals surface area contributed by atoms with Gasteiger partial charge in [-0.05, 0) is 39.2 Å². The predicted molar refractivity (Wildman–Crippen MR) is 56.8 cm³/mol. The lowest BCUT2D eigenvalue weighted by atomic mass is 10.0. The fourth-order valence-electron chi connectivity index (χ4n) is 2.44. The summed E-state index contributed by atoms with van der Waals surface area (Å²) in [4.78, 5) is 4.48. The highest BCUT2D eigenvalue weighted by Gasteiger charge is 2.37. The minimum Gasteiger partial charge on any atom is -0.367 e. The van der Waals surface area contributed by atoms with Crippen molar-refractivity contribution in [3.63, 3.8) is 0 Å². The van der Waals surface area contributed by atoms with Crippen molar-refractivity contribution in [3.05, 3.63) is 11.7 Å². The molecule has 1 N–H and O–H groups in total. The molecular weight excluding hydrogens is 206 g/mol. The van der Waals surface area contributed by atoms with Gasteiger partial charge in [0, 0.05) is 6.61 Å². The van der Waals surface area contributed by atoms with Gasteiger partial charge in [0.25, 0.3) is 0 Å². The molecule has 0 aliphatic carbocycles. The zero-order valence-corrected chi connectivity index (χ0v) is 9.53. The molecule has 2 aliphatic heterocycles. The summed E-state index contributed by atoms with van der Waals surface area (Å²) < 4.78 is 11.0. The van der Waals surface area contributed by atoms with Crippen LogP contribution in [0.4, 0.5) is 0 Å². The van der Waals surface area contributed by atoms with Gasteiger partial charge in [0.15, 0.2) is 0 Å². The van der Waals surface area contributed by atoms with E-state index in [4.69, 9.17) is 9.26 Å². The Morgan fingerprint density at radius 2 is 2.38 bits per heavy atom. The van der Waals surface area contributed by atoms with Gasteiger partial charge < -0.3 is 14.6 Å². The highest BCUT2D eigenvalue weighted by Crippen LogP contribution is 2.34. The zero-order chi connectivity index (χ0) is 11.0. The van der Waals surface area contributed by atoms with E-state index in [9.17, 15) is 0 Å². The monoisotopic (exact) mass is 223 g/mol. The van der Waals surface area contributed by atoms with Gasteiger partial charge in [-0.25, -0.2) is 0 Å². The van der Waals surface area contributed by atoms with Crippen LogP contribution in [0.5, 0.6) is 0 Å². The van der Waals surface area contributed by atoms with Gasteiger partial charge in [0.2, 0.25) is 11.7 Å². The summed E-state index contributed by atoms with van der Waals surface area (Å²) >= 11 is 0. The van der Waals surface area contributed by atoms with E-state index in [-0.39, 0.29) is 11.6 Å². The molecule has 5 nitrogen and oxygen atoms in total. The van der Waals surface area contributed by atoms with Crippen molar-refractivity contribution in [2.24, 2.45) is 0 Å². The summed E-state index contributed by atoms with van der Waals surface area (Å²) in [5.74, 6) is 1.41. The van der Waals surface area contributed by atoms with Crippen molar-refractivity contribution in [1.29, 1.82) is 0 Å². The maximum absolute atomic E-state index is 5.70. The summed E-state index contributed by atoms with van der Waals surface area (Å²) in [6, 6.07) is 0.242. The first-order valence-electron chi connectivity index (χ1n) is 5.99. The topological polar surface area (TPSA) is 60.2 Å². The Bertz CT molecular complexity index is 365. The zero-order valence-electron chi connectivity index (χ0n) is 9.53. The molecule has 3 heterocycles. The molecule has 88 valence electrons. The second-order valence-electron chi connectivity index (χ2n) is 4.79. The molecule has 2 fully saturated rings. The predicted octanol–water partition coefficient (Wildman–Crippen LogP) is 1.52. The summed E-state index contributed by atoms with van der Waals surface area (Å²) in [6.45, 7) is 3.87. The fraction of sp³-hybridized carbons (Fsp3) is 0.818. The van der Waals surface area contributed by atoms with Crippen LogP contribution in [0.1, 0.15) is 50.4 Å². The van der Waals surface area contributed by atoms with Gasteiger partial charge in [-0.2, -0.15) is 4.98 Å². The molecule has 3 rings (SSSR count). The number of hydrogen-bond donors (Lipinski definition) is 1. The maximum atomic E-state index is 5.70. The number of ether oxygens (including phenoxy) is 1. The minimum atomic E-state index is -0.333. The van der Waals surface area contributed by atoms with Gasteiger partial charge in [-0.1, -0.05) is 5.16 Å². The third-order valence-corrected chi connectivity index (χ3v) is 3.49. The quantitative estimate of drug-likeness (QED) is 0.823. The first-order chi connectivity index (χ1) is 7.78. The van der Waals surface area contributed by atoms with E-state index in [1.54, 1.807) is 0 Å². The Labute approximate surface area is 94.6 Å². The van der Waals surface area contributed by atoms with E-state index >= 15 is 0 Å². The first-order valence-corrected chi connectivity index (χ1v) is 5.99. The Morgan fingerprint density at radius 3 is 3.06 bits per heavy atom. The van der Waals surface area contributed by atoms with E-state index < -0.39 is 0 Å². The Balaban J connectivity index is 1.81. The lowest BCUT2D eigenvalue weighted by Crippen LogP contribution is -2.22. The Morgan fingerprint density at radius 1 is 1.44 bits per heavy atom. The normalized spacial score (nSPS) is 34.7. The van der Waals surface area contributed by atoms with Gasteiger partial charge >= 0.3 is 0 Å². The standard InChI is InChI=1S/C11H17N3O2/c1-11(5-3-7-15-11)10-13-9(16-14-10)8-4-2-6-12-8/h8,12H,2-7H2,1H3/t8-,11?/m0/s1. The van der Waals surface area contributed by atoms with Crippen molar-refractivity contribution >= 4 is 0 Å². The van der Waals surface area contributed by atoms with Crippen LogP contribution < -0.4 is 5.32 Å². The summed E-state index contributed by atoms with van der Waals surface area (Å²) in [5, 5.41) is 7.42. The smallest absolute Gasteiger partial charge is 0.243 e. The number of rotatable bonds is 2. The van der Waals surface area contributed by atoms with E-state index in [0.717, 1.165) is 32.4 Å². The van der Waals surface area contributed by atoms with Gasteiger partial charge in [0.05, 0.1) is 6.04 Å². The van der Waals surface area contributed by atoms with Crippen LogP contribution in [0, 0.1) is 0 Å². The molecule has 16 heavy (non-hydrogen) atoms. The highest BCUT2D eigenvalue weighted by molar-refractivity contribution is 5.04. The Kier molecular flexibility index (Phi) is 2.44. The van der Waals surface area contributed by atoms with E-state index in [1.807, 2.05) is 6.92 Å². The third-order valence-electron chi connectivity index (χ3n) is 3.49. The molecule has 2 aliphatic rings. The van der Waals surface area contributed by atoms with Gasteiger partial charge in [-0.15, -0.1) is 0 Å². The molecule has 0 radical (unpaired) electrons. The maximum Gasteiger partial charge on any atom is 0.243 e. The van der Waals surface area contributed by atoms with Crippen LogP contribution in [0.15, 0.2) is 4.52 Å². The molecular formula is C11H17N3O2. The minimum absolute atomic E-state index is 0.242. The van der Waals surface area contributed by atoms with Crippen LogP contribution in [0.25, 0.3) is 0 Å². The largest absolute Gasteiger partial charge is 0.367 e. The van der Waals surface area contributed by atoms with Crippen molar-refractivity contribution < 1.29 is 9.26 Å². The van der Waals surface area contributed by atoms with Crippen molar-refractivity contribution in [1.82, 2.24) is 15.5 Å². The molecule has 1 aromatic rings. The molecule has 0 spiro atoms. The number of nitrogens with one attached hydrogen (secondary N) is 1. The molecule has 0 saturated carbocycles. The molecule has 1 unspecified atom stereocenters. The molecule has 1 aromatic heterocycles. The van der Waals surface area contributed by atoms with Crippen LogP contribution in [0.3, 0.4) is 0 Å². The molecule has 2 saturated heterocycles. The van der Waals surface area contributed by atoms with Crippen molar-refractivity contribution in [2.75, 3.05) is 13.2 Å². The molecule has 0 amide bonds. The Hall–Kier alpha value is -0.940. The fourth-order valence-corrected chi connectivity index (χ4v) is 2.44. The lowest BCUT2D eigenvalue weighted by molar-refractivity contribution is 0.00768. The third kappa shape index (κ3) is 1.64. The molecule has 0 bridgehead atoms. The second kappa shape index (κ2) is 3.82. The summed E-state index contributed by atoms with van der Waals surface area (Å²) in [7, 11) is 0. The second-order valence-corrected chi connectivity index (χ2v) is 4.79. The average Bonchev–Trinajstić information content (AvgIpc) is 2.98. The van der Waals surface area contributed by atoms with Crippen LogP contribution in [0.2, 0.25) is 0 Å². The van der Waals surface area contributed by atoms with E-state index in [1.165, 1.54) is 6.42 Å². The van der Waals surface area contributed by atoms with Crippen LogP contribution in [-0.4, -0.2) is 23.3 Å². The molecule has 2 atom stereocenters. The average molecular weight is 223 g/mol. The number of nitrogens with zero attached hydrogens (tertiary/aromatic N) is 2. The van der Waals surface area contributed by atoms with Crippen molar-refractivity contribution in [2.45, 2.75) is 44.2 Å². The SMILES string of the molecule is CC1(c2noc([C@@H]3CCCN3)n2)CCCO1. The number of hydrogen-bond acceptors (Lipinski definition) is 5. The first kappa shape index (κ1) is 10.2. The lowest BCUT2D eigenvalue weighted by Gasteiger charge is -2.17. The number of aromatic nitrogens is 2. The summed E-state index contributed by atoms with van der Waals surface area (Å²) in [5.41, 5.74) is -0.333. The van der Waals surface area contributed by atoms with Crippen LogP contribution in [-0.2, 0) is 10.3 Å². The van der Waals surface area contributed by atoms with Crippen molar-refractivity contribution in [3.8, 4) is 0 Å². The summed E-state index contributed by atoms with van der Waals surface area (Å²) in [6.07, 6.45) is 4.31. The van der Waals surface area contributed by atoms with Crippen LogP contribution >= 0.6 is 0 Å². The van der Waals surface area contributed by atoms with E-state index in [0.29, 0.717) is 11.7 Å². The van der Waals surface area contributed by atoms with Gasteiger partial charge in [-0.3, -0.25) is 0 Å². The molecule has 5 heteroatoms. The van der Waals surface area contributed by atoms with Gasteiger partial charge in [0.1, 0.15) is 5.60 Å². The van der Waals surface area contributed by atoms with E-state index in [2.05, 4.69) is 15.5 Å². The molecule has 0 aromatic carbocycles. The highest BCUT2D eigenvalue weighted by atomic mass is 16.5.